The van der Waals surface area contributed by atoms with Crippen molar-refractivity contribution in [2.75, 3.05) is 44.3 Å². The van der Waals surface area contributed by atoms with Crippen LogP contribution in [0.2, 0.25) is 0 Å². The third-order valence-electron chi connectivity index (χ3n) is 5.41. The number of halogens is 1. The number of aryl methyl sites for hydroxylation is 1. The van der Waals surface area contributed by atoms with E-state index < -0.39 is 0 Å². The van der Waals surface area contributed by atoms with Crippen LogP contribution in [0, 0.1) is 0 Å². The molecule has 1 amide bonds. The number of carbonyl (C=O) groups is 1. The Balaban J connectivity index is 1.61. The summed E-state index contributed by atoms with van der Waals surface area (Å²) in [7, 11) is 0. The van der Waals surface area contributed by atoms with Crippen molar-refractivity contribution in [3.63, 3.8) is 0 Å². The lowest BCUT2D eigenvalue weighted by Crippen LogP contribution is -2.39. The number of aromatic nitrogens is 1. The monoisotopic (exact) mass is 487 g/mol. The van der Waals surface area contributed by atoms with Crippen LogP contribution in [0.15, 0.2) is 46.9 Å². The predicted octanol–water partition coefficient (Wildman–Crippen LogP) is 4.99. The van der Waals surface area contributed by atoms with E-state index in [1.807, 2.05) is 29.2 Å². The fraction of sp³-hybridized carbons (Fsp3) is 0.391. The fourth-order valence-electron chi connectivity index (χ4n) is 3.74. The van der Waals surface area contributed by atoms with Gasteiger partial charge in [0.1, 0.15) is 0 Å². The van der Waals surface area contributed by atoms with Crippen LogP contribution in [-0.2, 0) is 11.2 Å². The lowest BCUT2D eigenvalue weighted by atomic mass is 10.1. The third-order valence-corrected chi connectivity index (χ3v) is 7.15. The number of para-hydroxylation sites is 1. The van der Waals surface area contributed by atoms with Gasteiger partial charge < -0.3 is 4.74 Å². The third kappa shape index (κ3) is 4.75. The van der Waals surface area contributed by atoms with Gasteiger partial charge in [-0.05, 0) is 52.5 Å². The Morgan fingerprint density at radius 3 is 2.77 bits per heavy atom. The maximum atomic E-state index is 13.5. The summed E-state index contributed by atoms with van der Waals surface area (Å²) in [6, 6.07) is 13.9. The van der Waals surface area contributed by atoms with Gasteiger partial charge in [0.25, 0.3) is 5.91 Å². The van der Waals surface area contributed by atoms with Crippen LogP contribution < -0.4 is 4.90 Å². The zero-order valence-electron chi connectivity index (χ0n) is 17.1. The van der Waals surface area contributed by atoms with Gasteiger partial charge in [-0.15, -0.1) is 0 Å². The van der Waals surface area contributed by atoms with Crippen LogP contribution in [0.5, 0.6) is 0 Å². The number of amides is 1. The molecule has 1 saturated heterocycles. The molecule has 2 heterocycles. The number of hydrogen-bond donors (Lipinski definition) is 0. The molecule has 1 aromatic heterocycles. The zero-order valence-corrected chi connectivity index (χ0v) is 19.5. The molecule has 0 radical (unpaired) electrons. The van der Waals surface area contributed by atoms with Crippen molar-refractivity contribution in [2.24, 2.45) is 0 Å². The molecule has 5 nitrogen and oxygen atoms in total. The molecule has 0 unspecified atom stereocenters. The smallest absolute Gasteiger partial charge is 0.261 e. The van der Waals surface area contributed by atoms with Gasteiger partial charge in [-0.1, -0.05) is 42.5 Å². The first-order valence-electron chi connectivity index (χ1n) is 10.4. The van der Waals surface area contributed by atoms with Crippen molar-refractivity contribution in [3.05, 3.63) is 58.1 Å². The Morgan fingerprint density at radius 2 is 2.00 bits per heavy atom. The van der Waals surface area contributed by atoms with E-state index in [0.29, 0.717) is 12.1 Å². The van der Waals surface area contributed by atoms with Gasteiger partial charge in [0.05, 0.1) is 29.0 Å². The van der Waals surface area contributed by atoms with Crippen LogP contribution in [0.1, 0.15) is 29.3 Å². The Kier molecular flexibility index (Phi) is 7.15. The average Bonchev–Trinajstić information content (AvgIpc) is 3.21. The van der Waals surface area contributed by atoms with E-state index in [2.05, 4.69) is 46.0 Å². The summed E-state index contributed by atoms with van der Waals surface area (Å²) >= 11 is 5.13. The highest BCUT2D eigenvalue weighted by atomic mass is 79.9. The van der Waals surface area contributed by atoms with Gasteiger partial charge in [0, 0.05) is 30.7 Å². The molecule has 0 atom stereocenters. The molecule has 4 rings (SSSR count). The number of hydrogen-bond acceptors (Lipinski definition) is 5. The molecule has 3 aromatic rings. The molecule has 0 N–H and O–H groups in total. The maximum Gasteiger partial charge on any atom is 0.261 e. The molecule has 0 bridgehead atoms. The highest BCUT2D eigenvalue weighted by molar-refractivity contribution is 9.10. The first-order chi connectivity index (χ1) is 14.7. The van der Waals surface area contributed by atoms with Crippen LogP contribution in [0.4, 0.5) is 5.13 Å². The number of ether oxygens (including phenoxy) is 1. The standard InChI is InChI=1S/C23H26BrN3O2S/c1-2-17-7-5-10-20-21(17)25-23(30-20)27(12-6-11-26-13-15-29-16-14-26)22(28)18-8-3-4-9-19(18)24/h3-5,7-10H,2,6,11-16H2,1H3. The predicted molar refractivity (Wildman–Crippen MR) is 127 cm³/mol. The lowest BCUT2D eigenvalue weighted by Gasteiger charge is -2.27. The molecule has 0 aliphatic carbocycles. The Labute approximate surface area is 189 Å². The van der Waals surface area contributed by atoms with Gasteiger partial charge in [-0.2, -0.15) is 0 Å². The minimum absolute atomic E-state index is 0.0124. The van der Waals surface area contributed by atoms with Crippen LogP contribution in [-0.4, -0.2) is 55.2 Å². The fourth-order valence-corrected chi connectivity index (χ4v) is 5.23. The molecule has 7 heteroatoms. The molecule has 158 valence electrons. The SMILES string of the molecule is CCc1cccc2sc(N(CCCN3CCOCC3)C(=O)c3ccccc3Br)nc12. The number of benzene rings is 2. The molecule has 1 aliphatic heterocycles. The Bertz CT molecular complexity index is 1020. The van der Waals surface area contributed by atoms with Gasteiger partial charge in [0.15, 0.2) is 5.13 Å². The molecule has 1 aliphatic rings. The molecule has 2 aromatic carbocycles. The van der Waals surface area contributed by atoms with Crippen molar-refractivity contribution in [2.45, 2.75) is 19.8 Å². The number of anilines is 1. The van der Waals surface area contributed by atoms with E-state index in [1.54, 1.807) is 11.3 Å². The Morgan fingerprint density at radius 1 is 1.20 bits per heavy atom. The highest BCUT2D eigenvalue weighted by Crippen LogP contribution is 2.32. The summed E-state index contributed by atoms with van der Waals surface area (Å²) in [6.45, 7) is 7.22. The van der Waals surface area contributed by atoms with Gasteiger partial charge in [0.2, 0.25) is 0 Å². The van der Waals surface area contributed by atoms with Crippen molar-refractivity contribution in [1.29, 1.82) is 0 Å². The number of thiazole rings is 1. The summed E-state index contributed by atoms with van der Waals surface area (Å²) in [5, 5.41) is 0.772. The van der Waals surface area contributed by atoms with Crippen LogP contribution >= 0.6 is 27.3 Å². The summed E-state index contributed by atoms with van der Waals surface area (Å²) in [5.41, 5.74) is 2.90. The molecular weight excluding hydrogens is 462 g/mol. The second kappa shape index (κ2) is 10.0. The van der Waals surface area contributed by atoms with Gasteiger partial charge >= 0.3 is 0 Å². The van der Waals surface area contributed by atoms with Crippen molar-refractivity contribution in [1.82, 2.24) is 9.88 Å². The molecule has 1 fully saturated rings. The second-order valence-corrected chi connectivity index (χ2v) is 9.22. The Hall–Kier alpha value is -1.80. The van der Waals surface area contributed by atoms with E-state index in [1.165, 1.54) is 5.56 Å². The van der Waals surface area contributed by atoms with E-state index in [-0.39, 0.29) is 5.91 Å². The number of fused-ring (bicyclic) bond motifs is 1. The van der Waals surface area contributed by atoms with E-state index >= 15 is 0 Å². The average molecular weight is 488 g/mol. The highest BCUT2D eigenvalue weighted by Gasteiger charge is 2.23. The first kappa shape index (κ1) is 21.4. The van der Waals surface area contributed by atoms with E-state index in [0.717, 1.165) is 65.5 Å². The number of morpholine rings is 1. The number of nitrogens with zero attached hydrogens (tertiary/aromatic N) is 3. The summed E-state index contributed by atoms with van der Waals surface area (Å²) < 4.78 is 7.38. The van der Waals surface area contributed by atoms with E-state index in [4.69, 9.17) is 9.72 Å². The number of carbonyl (C=O) groups excluding carboxylic acids is 1. The van der Waals surface area contributed by atoms with Gasteiger partial charge in [-0.25, -0.2) is 4.98 Å². The second-order valence-electron chi connectivity index (χ2n) is 7.36. The van der Waals surface area contributed by atoms with Gasteiger partial charge in [-0.3, -0.25) is 14.6 Å². The minimum Gasteiger partial charge on any atom is -0.379 e. The number of rotatable bonds is 7. The molecule has 0 saturated carbocycles. The molecule has 30 heavy (non-hydrogen) atoms. The first-order valence-corrected chi connectivity index (χ1v) is 12.0. The normalized spacial score (nSPS) is 14.9. The zero-order chi connectivity index (χ0) is 20.9. The molecule has 0 spiro atoms. The van der Waals surface area contributed by atoms with Crippen LogP contribution in [0.3, 0.4) is 0 Å². The quantitative estimate of drug-likeness (QED) is 0.470. The van der Waals surface area contributed by atoms with Crippen molar-refractivity contribution in [3.8, 4) is 0 Å². The summed E-state index contributed by atoms with van der Waals surface area (Å²) in [6.07, 6.45) is 1.82. The largest absolute Gasteiger partial charge is 0.379 e. The van der Waals surface area contributed by atoms with E-state index in [9.17, 15) is 4.79 Å². The molecular formula is C23H26BrN3O2S. The lowest BCUT2D eigenvalue weighted by molar-refractivity contribution is 0.0376. The maximum absolute atomic E-state index is 13.5. The topological polar surface area (TPSA) is 45.7 Å². The summed E-state index contributed by atoms with van der Waals surface area (Å²) in [5.74, 6) is -0.0124. The van der Waals surface area contributed by atoms with Crippen LogP contribution in [0.25, 0.3) is 10.2 Å². The summed E-state index contributed by atoms with van der Waals surface area (Å²) in [4.78, 5) is 22.7. The van der Waals surface area contributed by atoms with Crippen molar-refractivity contribution < 1.29 is 9.53 Å². The minimum atomic E-state index is -0.0124. The van der Waals surface area contributed by atoms with Crippen molar-refractivity contribution >= 4 is 48.5 Å².